The standard InChI is InChI=1S/C15H15Cl2NO4/c16-11-4-3-10(8-12(11)17)21-7-5-15(20)18-9-13(19)14-2-1-6-22-14/h1-4,6,8,13,19H,5,7,9H2,(H,18,20). The molecule has 1 unspecified atom stereocenters. The number of aliphatic hydroxyl groups is 1. The first kappa shape index (κ1) is 16.7. The SMILES string of the molecule is O=C(CCOc1ccc(Cl)c(Cl)c1)NCC(O)c1ccco1. The maximum atomic E-state index is 11.6. The number of furan rings is 1. The number of carbonyl (C=O) groups is 1. The monoisotopic (exact) mass is 343 g/mol. The van der Waals surface area contributed by atoms with Gasteiger partial charge in [0.05, 0.1) is 35.9 Å². The molecule has 2 aromatic rings. The molecule has 0 bridgehead atoms. The number of amides is 1. The third-order valence-corrected chi connectivity index (χ3v) is 3.59. The molecule has 1 aromatic carbocycles. The van der Waals surface area contributed by atoms with E-state index >= 15 is 0 Å². The van der Waals surface area contributed by atoms with Crippen molar-refractivity contribution in [3.05, 3.63) is 52.4 Å². The molecular weight excluding hydrogens is 329 g/mol. The van der Waals surface area contributed by atoms with Crippen LogP contribution in [0.3, 0.4) is 0 Å². The molecule has 0 saturated carbocycles. The molecule has 0 radical (unpaired) electrons. The third kappa shape index (κ3) is 4.94. The molecule has 5 nitrogen and oxygen atoms in total. The first-order valence-corrected chi connectivity index (χ1v) is 7.38. The molecule has 0 aliphatic heterocycles. The molecule has 0 fully saturated rings. The second kappa shape index (κ2) is 8.08. The van der Waals surface area contributed by atoms with E-state index in [4.69, 9.17) is 32.4 Å². The van der Waals surface area contributed by atoms with E-state index in [9.17, 15) is 9.90 Å². The fourth-order valence-corrected chi connectivity index (χ4v) is 2.00. The van der Waals surface area contributed by atoms with E-state index in [0.29, 0.717) is 21.6 Å². The van der Waals surface area contributed by atoms with Gasteiger partial charge in [-0.25, -0.2) is 0 Å². The lowest BCUT2D eigenvalue weighted by Crippen LogP contribution is -2.29. The normalized spacial score (nSPS) is 12.0. The Balaban J connectivity index is 1.68. The largest absolute Gasteiger partial charge is 0.493 e. The van der Waals surface area contributed by atoms with Crippen molar-refractivity contribution in [3.63, 3.8) is 0 Å². The number of carbonyl (C=O) groups excluding carboxylic acids is 1. The van der Waals surface area contributed by atoms with Gasteiger partial charge in [-0.1, -0.05) is 23.2 Å². The summed E-state index contributed by atoms with van der Waals surface area (Å²) in [6.45, 7) is 0.278. The minimum absolute atomic E-state index is 0.0825. The number of halogens is 2. The summed E-state index contributed by atoms with van der Waals surface area (Å²) < 4.78 is 10.4. The molecule has 0 aliphatic carbocycles. The summed E-state index contributed by atoms with van der Waals surface area (Å²) in [5, 5.41) is 13.2. The highest BCUT2D eigenvalue weighted by molar-refractivity contribution is 6.42. The van der Waals surface area contributed by atoms with Gasteiger partial charge in [-0.2, -0.15) is 0 Å². The molecule has 7 heteroatoms. The molecule has 118 valence electrons. The molecule has 1 aromatic heterocycles. The van der Waals surface area contributed by atoms with Crippen LogP contribution < -0.4 is 10.1 Å². The number of rotatable bonds is 7. The van der Waals surface area contributed by atoms with Crippen LogP contribution in [0.15, 0.2) is 41.0 Å². The zero-order chi connectivity index (χ0) is 15.9. The van der Waals surface area contributed by atoms with Crippen molar-refractivity contribution >= 4 is 29.1 Å². The van der Waals surface area contributed by atoms with Crippen LogP contribution in [0.1, 0.15) is 18.3 Å². The van der Waals surface area contributed by atoms with Gasteiger partial charge >= 0.3 is 0 Å². The summed E-state index contributed by atoms with van der Waals surface area (Å²) in [6.07, 6.45) is 0.756. The van der Waals surface area contributed by atoms with Crippen molar-refractivity contribution in [2.24, 2.45) is 0 Å². The Hall–Kier alpha value is -1.69. The molecule has 0 spiro atoms. The Kier molecular flexibility index (Phi) is 6.12. The van der Waals surface area contributed by atoms with E-state index in [2.05, 4.69) is 5.32 Å². The summed E-state index contributed by atoms with van der Waals surface area (Å²) in [6, 6.07) is 8.20. The van der Waals surface area contributed by atoms with Crippen LogP contribution in [0, 0.1) is 0 Å². The quantitative estimate of drug-likeness (QED) is 0.809. The summed E-state index contributed by atoms with van der Waals surface area (Å²) in [5.41, 5.74) is 0. The van der Waals surface area contributed by atoms with Gasteiger partial charge in [-0.3, -0.25) is 4.79 Å². The molecule has 2 N–H and O–H groups in total. The maximum absolute atomic E-state index is 11.6. The van der Waals surface area contributed by atoms with Crippen LogP contribution in [0.25, 0.3) is 0 Å². The Morgan fingerprint density at radius 2 is 2.14 bits per heavy atom. The Morgan fingerprint density at radius 3 is 2.82 bits per heavy atom. The number of nitrogens with one attached hydrogen (secondary N) is 1. The van der Waals surface area contributed by atoms with Crippen LogP contribution >= 0.6 is 23.2 Å². The highest BCUT2D eigenvalue weighted by atomic mass is 35.5. The molecule has 0 aliphatic rings. The summed E-state index contributed by atoms with van der Waals surface area (Å²) in [7, 11) is 0. The highest BCUT2D eigenvalue weighted by Crippen LogP contribution is 2.26. The number of benzene rings is 1. The second-order valence-corrected chi connectivity index (χ2v) is 5.32. The number of hydrogen-bond acceptors (Lipinski definition) is 4. The van der Waals surface area contributed by atoms with Crippen LogP contribution in [0.2, 0.25) is 10.0 Å². The van der Waals surface area contributed by atoms with Crippen molar-refractivity contribution in [3.8, 4) is 5.75 Å². The van der Waals surface area contributed by atoms with Crippen LogP contribution in [0.4, 0.5) is 0 Å². The molecule has 0 saturated heterocycles. The lowest BCUT2D eigenvalue weighted by Gasteiger charge is -2.10. The van der Waals surface area contributed by atoms with E-state index in [-0.39, 0.29) is 25.5 Å². The first-order chi connectivity index (χ1) is 10.6. The molecule has 1 atom stereocenters. The van der Waals surface area contributed by atoms with E-state index in [1.54, 1.807) is 30.3 Å². The van der Waals surface area contributed by atoms with Gasteiger partial charge in [0.1, 0.15) is 17.6 Å². The van der Waals surface area contributed by atoms with Crippen molar-refractivity contribution in [2.45, 2.75) is 12.5 Å². The number of hydrogen-bond donors (Lipinski definition) is 2. The summed E-state index contributed by atoms with van der Waals surface area (Å²) >= 11 is 11.7. The Labute approximate surface area is 137 Å². The first-order valence-electron chi connectivity index (χ1n) is 6.62. The molecule has 1 amide bonds. The molecule has 22 heavy (non-hydrogen) atoms. The van der Waals surface area contributed by atoms with Crippen LogP contribution in [-0.2, 0) is 4.79 Å². The van der Waals surface area contributed by atoms with Crippen LogP contribution in [0.5, 0.6) is 5.75 Å². The van der Waals surface area contributed by atoms with Crippen molar-refractivity contribution in [1.29, 1.82) is 0 Å². The van der Waals surface area contributed by atoms with Gasteiger partial charge in [0, 0.05) is 6.07 Å². The average Bonchev–Trinajstić information content (AvgIpc) is 3.03. The van der Waals surface area contributed by atoms with Crippen molar-refractivity contribution < 1.29 is 19.1 Å². The van der Waals surface area contributed by atoms with Gasteiger partial charge in [-0.05, 0) is 24.3 Å². The van der Waals surface area contributed by atoms with E-state index < -0.39 is 6.10 Å². The summed E-state index contributed by atoms with van der Waals surface area (Å²) in [4.78, 5) is 11.6. The minimum Gasteiger partial charge on any atom is -0.493 e. The predicted octanol–water partition coefficient (Wildman–Crippen LogP) is 3.21. The Bertz CT molecular complexity index is 616. The molecular formula is C15H15Cl2NO4. The van der Waals surface area contributed by atoms with Crippen LogP contribution in [-0.4, -0.2) is 24.2 Å². The van der Waals surface area contributed by atoms with Gasteiger partial charge in [0.25, 0.3) is 0 Å². The Morgan fingerprint density at radius 1 is 1.32 bits per heavy atom. The average molecular weight is 344 g/mol. The van der Waals surface area contributed by atoms with E-state index in [1.807, 2.05) is 0 Å². The van der Waals surface area contributed by atoms with Gasteiger partial charge < -0.3 is 19.6 Å². The topological polar surface area (TPSA) is 71.7 Å². The van der Waals surface area contributed by atoms with Gasteiger partial charge in [-0.15, -0.1) is 0 Å². The smallest absolute Gasteiger partial charge is 0.223 e. The zero-order valence-electron chi connectivity index (χ0n) is 11.6. The highest BCUT2D eigenvalue weighted by Gasteiger charge is 2.11. The zero-order valence-corrected chi connectivity index (χ0v) is 13.1. The fourth-order valence-electron chi connectivity index (χ4n) is 1.71. The maximum Gasteiger partial charge on any atom is 0.223 e. The molecule has 2 rings (SSSR count). The fraction of sp³-hybridized carbons (Fsp3) is 0.267. The number of aliphatic hydroxyl groups excluding tert-OH is 1. The summed E-state index contributed by atoms with van der Waals surface area (Å²) in [5.74, 6) is 0.718. The third-order valence-electron chi connectivity index (χ3n) is 2.85. The van der Waals surface area contributed by atoms with Crippen molar-refractivity contribution in [2.75, 3.05) is 13.2 Å². The predicted molar refractivity (Wildman–Crippen MR) is 83.3 cm³/mol. The second-order valence-electron chi connectivity index (χ2n) is 4.51. The van der Waals surface area contributed by atoms with E-state index in [0.717, 1.165) is 0 Å². The van der Waals surface area contributed by atoms with Gasteiger partial charge in [0.2, 0.25) is 5.91 Å². The van der Waals surface area contributed by atoms with E-state index in [1.165, 1.54) is 6.26 Å². The molecule has 1 heterocycles. The lowest BCUT2D eigenvalue weighted by molar-refractivity contribution is -0.122. The lowest BCUT2D eigenvalue weighted by atomic mass is 10.2. The number of ether oxygens (including phenoxy) is 1. The minimum atomic E-state index is -0.866. The van der Waals surface area contributed by atoms with Crippen molar-refractivity contribution in [1.82, 2.24) is 5.32 Å². The van der Waals surface area contributed by atoms with Gasteiger partial charge in [0.15, 0.2) is 0 Å².